The number of urea groups is 1. The predicted octanol–water partition coefficient (Wildman–Crippen LogP) is 3.63. The van der Waals surface area contributed by atoms with Crippen molar-refractivity contribution in [2.24, 2.45) is 0 Å². The third-order valence-electron chi connectivity index (χ3n) is 7.40. The van der Waals surface area contributed by atoms with Gasteiger partial charge in [0, 0.05) is 50.5 Å². The fourth-order valence-corrected chi connectivity index (χ4v) is 4.87. The zero-order valence-electron chi connectivity index (χ0n) is 24.3. The average Bonchev–Trinajstić information content (AvgIpc) is 2.98. The number of aliphatic hydroxyl groups excluding tert-OH is 2. The molecule has 0 spiro atoms. The molecule has 2 amide bonds. The number of amides is 2. The Kier molecular flexibility index (Phi) is 10.9. The molecule has 8 nitrogen and oxygen atoms in total. The molecule has 1 aliphatic rings. The molecule has 0 bridgehead atoms. The number of carbonyl (C=O) groups is 1. The zero-order chi connectivity index (χ0) is 30.1. The lowest BCUT2D eigenvalue weighted by Crippen LogP contribution is -2.57. The fourth-order valence-electron chi connectivity index (χ4n) is 4.87. The van der Waals surface area contributed by atoms with Crippen molar-refractivity contribution in [3.05, 3.63) is 95.3 Å². The van der Waals surface area contributed by atoms with Gasteiger partial charge >= 0.3 is 6.03 Å². The summed E-state index contributed by atoms with van der Waals surface area (Å²) in [7, 11) is 5.21. The van der Waals surface area contributed by atoms with Crippen LogP contribution in [0.25, 0.3) is 0 Å². The van der Waals surface area contributed by atoms with E-state index in [0.29, 0.717) is 23.5 Å². The van der Waals surface area contributed by atoms with E-state index in [9.17, 15) is 19.4 Å². The average molecular weight is 575 g/mol. The maximum absolute atomic E-state index is 13.9. The molecule has 222 valence electrons. The number of likely N-dealkylation sites (N-methyl/N-ethyl adjacent to an activating group) is 2. The number of hydrogen-bond acceptors (Lipinski definition) is 6. The number of rotatable bonds is 11. The molecule has 0 aromatic heterocycles. The molecule has 3 atom stereocenters. The molecule has 1 aliphatic heterocycles. The first-order chi connectivity index (χ1) is 20.2. The SMILES string of the molecule is COc1ccc(NC(=O)N(C)C[C@@H](O)[C@@H](O)CN2CC[C@H]2CN(C)Cc2cccc(C#Cc3ccccc3F)c2)cc1. The summed E-state index contributed by atoms with van der Waals surface area (Å²) in [6, 6.07) is 21.3. The minimum atomic E-state index is -1.08. The normalized spacial score (nSPS) is 16.1. The lowest BCUT2D eigenvalue weighted by molar-refractivity contribution is -0.0419. The molecule has 3 aromatic carbocycles. The first-order valence-corrected chi connectivity index (χ1v) is 14.0. The largest absolute Gasteiger partial charge is 0.497 e. The zero-order valence-corrected chi connectivity index (χ0v) is 24.3. The Morgan fingerprint density at radius 1 is 1.07 bits per heavy atom. The van der Waals surface area contributed by atoms with E-state index in [-0.39, 0.29) is 24.4 Å². The van der Waals surface area contributed by atoms with Gasteiger partial charge in [0.25, 0.3) is 0 Å². The van der Waals surface area contributed by atoms with Crippen molar-refractivity contribution in [1.29, 1.82) is 0 Å². The third-order valence-corrected chi connectivity index (χ3v) is 7.40. The smallest absolute Gasteiger partial charge is 0.321 e. The van der Waals surface area contributed by atoms with Crippen LogP contribution < -0.4 is 10.1 Å². The number of β-amino-alcohol motifs (C(OH)–C–C–N with tert-alkyl or cyclic N) is 1. The van der Waals surface area contributed by atoms with E-state index in [1.165, 1.54) is 11.0 Å². The second-order valence-electron chi connectivity index (χ2n) is 10.7. The van der Waals surface area contributed by atoms with Crippen molar-refractivity contribution in [2.75, 3.05) is 52.7 Å². The summed E-state index contributed by atoms with van der Waals surface area (Å²) >= 11 is 0. The highest BCUT2D eigenvalue weighted by Crippen LogP contribution is 2.21. The van der Waals surface area contributed by atoms with Crippen LogP contribution in [0.2, 0.25) is 0 Å². The second kappa shape index (κ2) is 14.8. The highest BCUT2D eigenvalue weighted by Gasteiger charge is 2.32. The molecule has 4 rings (SSSR count). The van der Waals surface area contributed by atoms with E-state index in [1.807, 2.05) is 24.3 Å². The van der Waals surface area contributed by atoms with Gasteiger partial charge in [-0.1, -0.05) is 36.1 Å². The van der Waals surface area contributed by atoms with Gasteiger partial charge in [-0.05, 0) is 67.6 Å². The van der Waals surface area contributed by atoms with Crippen molar-refractivity contribution in [3.63, 3.8) is 0 Å². The summed E-state index contributed by atoms with van der Waals surface area (Å²) in [5.41, 5.74) is 2.92. The van der Waals surface area contributed by atoms with Crippen molar-refractivity contribution >= 4 is 11.7 Å². The lowest BCUT2D eigenvalue weighted by atomic mass is 10.00. The number of methoxy groups -OCH3 is 1. The van der Waals surface area contributed by atoms with Crippen LogP contribution in [0.1, 0.15) is 23.1 Å². The van der Waals surface area contributed by atoms with Crippen molar-refractivity contribution in [1.82, 2.24) is 14.7 Å². The van der Waals surface area contributed by atoms with Crippen LogP contribution in [0, 0.1) is 17.7 Å². The van der Waals surface area contributed by atoms with Gasteiger partial charge < -0.3 is 30.1 Å². The minimum Gasteiger partial charge on any atom is -0.497 e. The van der Waals surface area contributed by atoms with Gasteiger partial charge in [-0.3, -0.25) is 4.90 Å². The third kappa shape index (κ3) is 8.78. The van der Waals surface area contributed by atoms with Gasteiger partial charge in [-0.2, -0.15) is 0 Å². The maximum Gasteiger partial charge on any atom is 0.321 e. The number of ether oxygens (including phenoxy) is 1. The van der Waals surface area contributed by atoms with E-state index >= 15 is 0 Å². The van der Waals surface area contributed by atoms with E-state index in [0.717, 1.165) is 37.2 Å². The van der Waals surface area contributed by atoms with E-state index < -0.39 is 12.2 Å². The molecule has 3 aromatic rings. The molecular formula is C33H39FN4O4. The molecule has 42 heavy (non-hydrogen) atoms. The standard InChI is InChI=1S/C33H39FN4O4/c1-36(20-25-8-6-7-24(19-25)11-12-26-9-4-5-10-30(26)34)21-28-17-18-38(28)23-32(40)31(39)22-37(2)33(41)35-27-13-15-29(42-3)16-14-27/h4-10,13-16,19,28,31-32,39-40H,17-18,20-23H2,1-3H3,(H,35,41)/t28-,31+,32-/m0/s1. The number of halogens is 1. The van der Waals surface area contributed by atoms with Crippen LogP contribution in [0.3, 0.4) is 0 Å². The maximum atomic E-state index is 13.9. The first kappa shape index (κ1) is 31.0. The van der Waals surface area contributed by atoms with Crippen molar-refractivity contribution in [3.8, 4) is 17.6 Å². The van der Waals surface area contributed by atoms with Gasteiger partial charge in [0.05, 0.1) is 31.4 Å². The Bertz CT molecular complexity index is 1390. The molecule has 3 N–H and O–H groups in total. The summed E-state index contributed by atoms with van der Waals surface area (Å²) in [6.45, 7) is 2.70. The molecule has 0 radical (unpaired) electrons. The van der Waals surface area contributed by atoms with Gasteiger partial charge in [0.1, 0.15) is 11.6 Å². The van der Waals surface area contributed by atoms with Gasteiger partial charge in [-0.15, -0.1) is 0 Å². The van der Waals surface area contributed by atoms with Gasteiger partial charge in [0.15, 0.2) is 0 Å². The van der Waals surface area contributed by atoms with Gasteiger partial charge in [0.2, 0.25) is 0 Å². The number of anilines is 1. The van der Waals surface area contributed by atoms with Crippen LogP contribution in [-0.2, 0) is 6.54 Å². The molecular weight excluding hydrogens is 535 g/mol. The van der Waals surface area contributed by atoms with E-state index in [2.05, 4.69) is 34.0 Å². The Labute approximate surface area is 247 Å². The number of benzene rings is 3. The Morgan fingerprint density at radius 3 is 2.52 bits per heavy atom. The molecule has 9 heteroatoms. The summed E-state index contributed by atoms with van der Waals surface area (Å²) in [5, 5.41) is 24.1. The minimum absolute atomic E-state index is 0.00227. The Balaban J connectivity index is 1.22. The molecule has 1 heterocycles. The molecule has 1 saturated heterocycles. The van der Waals surface area contributed by atoms with Gasteiger partial charge in [-0.25, -0.2) is 9.18 Å². The first-order valence-electron chi connectivity index (χ1n) is 14.0. The summed E-state index contributed by atoms with van der Waals surface area (Å²) in [4.78, 5) is 18.3. The monoisotopic (exact) mass is 574 g/mol. The number of nitrogens with zero attached hydrogens (tertiary/aromatic N) is 3. The summed E-state index contributed by atoms with van der Waals surface area (Å²) < 4.78 is 19.0. The number of aliphatic hydroxyl groups is 2. The quantitative estimate of drug-likeness (QED) is 0.303. The lowest BCUT2D eigenvalue weighted by Gasteiger charge is -2.44. The summed E-state index contributed by atoms with van der Waals surface area (Å²) in [5.74, 6) is 6.32. The fraction of sp³-hybridized carbons (Fsp3) is 0.364. The summed E-state index contributed by atoms with van der Waals surface area (Å²) in [6.07, 6.45) is -1.06. The van der Waals surface area contributed by atoms with E-state index in [4.69, 9.17) is 4.74 Å². The number of nitrogens with one attached hydrogen (secondary N) is 1. The van der Waals surface area contributed by atoms with E-state index in [1.54, 1.807) is 56.6 Å². The highest BCUT2D eigenvalue weighted by molar-refractivity contribution is 5.89. The molecule has 1 fully saturated rings. The van der Waals surface area contributed by atoms with Crippen molar-refractivity contribution in [2.45, 2.75) is 31.2 Å². The molecule has 0 unspecified atom stereocenters. The Hall–Kier alpha value is -3.94. The number of hydrogen-bond donors (Lipinski definition) is 3. The topological polar surface area (TPSA) is 88.5 Å². The number of likely N-dealkylation sites (tertiary alicyclic amines) is 1. The van der Waals surface area contributed by atoms with Crippen LogP contribution in [0.5, 0.6) is 5.75 Å². The van der Waals surface area contributed by atoms with Crippen LogP contribution >= 0.6 is 0 Å². The van der Waals surface area contributed by atoms with Crippen molar-refractivity contribution < 1.29 is 24.1 Å². The molecule has 0 saturated carbocycles. The van der Waals surface area contributed by atoms with Crippen LogP contribution in [-0.4, -0.2) is 96.6 Å². The highest BCUT2D eigenvalue weighted by atomic mass is 19.1. The number of carbonyl (C=O) groups excluding carboxylic acids is 1. The Morgan fingerprint density at radius 2 is 1.83 bits per heavy atom. The van der Waals surface area contributed by atoms with Crippen LogP contribution in [0.15, 0.2) is 72.8 Å². The predicted molar refractivity (Wildman–Crippen MR) is 162 cm³/mol. The van der Waals surface area contributed by atoms with Crippen LogP contribution in [0.4, 0.5) is 14.9 Å². The second-order valence-corrected chi connectivity index (χ2v) is 10.7. The molecule has 0 aliphatic carbocycles.